The molecule has 2 aromatic carbocycles. The summed E-state index contributed by atoms with van der Waals surface area (Å²) in [6.07, 6.45) is 0. The monoisotopic (exact) mass is 276 g/mol. The summed E-state index contributed by atoms with van der Waals surface area (Å²) in [7, 11) is 0. The number of nitrogens with zero attached hydrogens (tertiary/aromatic N) is 2. The molecule has 0 atom stereocenters. The van der Waals surface area contributed by atoms with Gasteiger partial charge in [-0.3, -0.25) is 0 Å². The van der Waals surface area contributed by atoms with Crippen LogP contribution < -0.4 is 0 Å². The van der Waals surface area contributed by atoms with Gasteiger partial charge in [0, 0.05) is 5.56 Å². The molecule has 0 aliphatic carbocycles. The number of fused-ring (bicyclic) bond motifs is 1. The quantitative estimate of drug-likeness (QED) is 0.622. The molecule has 5 heteroatoms. The Morgan fingerprint density at radius 1 is 0.947 bits per heavy atom. The Hall–Kier alpha value is -2.07. The molecule has 2 nitrogen and oxygen atoms in total. The van der Waals surface area contributed by atoms with E-state index in [1.165, 1.54) is 24.3 Å². The third-order valence-corrected chi connectivity index (χ3v) is 2.98. The highest BCUT2D eigenvalue weighted by Gasteiger charge is 2.11. The van der Waals surface area contributed by atoms with Crippen molar-refractivity contribution in [1.82, 2.24) is 9.97 Å². The maximum atomic E-state index is 13.6. The molecule has 0 amide bonds. The molecule has 0 fully saturated rings. The van der Waals surface area contributed by atoms with E-state index in [0.717, 1.165) is 0 Å². The fourth-order valence-corrected chi connectivity index (χ4v) is 2.12. The van der Waals surface area contributed by atoms with Crippen molar-refractivity contribution >= 4 is 22.5 Å². The summed E-state index contributed by atoms with van der Waals surface area (Å²) in [6, 6.07) is 10.3. The second-order valence-corrected chi connectivity index (χ2v) is 4.34. The van der Waals surface area contributed by atoms with E-state index in [2.05, 4.69) is 9.97 Å². The molecule has 0 unspecified atom stereocenters. The van der Waals surface area contributed by atoms with Gasteiger partial charge in [-0.2, -0.15) is 0 Å². The number of hydrogen-bond donors (Lipinski definition) is 0. The minimum absolute atomic E-state index is 0.0161. The fraction of sp³-hybridized carbons (Fsp3) is 0. The van der Waals surface area contributed by atoms with Crippen LogP contribution in [0.1, 0.15) is 0 Å². The SMILES string of the molecule is Fc1cccc(-c2nc(Cl)c3c(F)cccc3n2)c1. The molecule has 19 heavy (non-hydrogen) atoms. The molecule has 0 aliphatic heterocycles. The van der Waals surface area contributed by atoms with E-state index < -0.39 is 11.6 Å². The van der Waals surface area contributed by atoms with E-state index in [1.807, 2.05) is 0 Å². The van der Waals surface area contributed by atoms with E-state index in [-0.39, 0.29) is 16.4 Å². The van der Waals surface area contributed by atoms with Crippen molar-refractivity contribution in [3.05, 3.63) is 59.3 Å². The van der Waals surface area contributed by atoms with Crippen LogP contribution in [0.15, 0.2) is 42.5 Å². The molecular formula is C14H7ClF2N2. The molecule has 3 aromatic rings. The summed E-state index contributed by atoms with van der Waals surface area (Å²) in [5.74, 6) is -0.604. The fourth-order valence-electron chi connectivity index (χ4n) is 1.85. The Labute approximate surface area is 112 Å². The van der Waals surface area contributed by atoms with Crippen molar-refractivity contribution in [2.75, 3.05) is 0 Å². The van der Waals surface area contributed by atoms with Crippen LogP contribution in [0.2, 0.25) is 5.15 Å². The van der Waals surface area contributed by atoms with Gasteiger partial charge in [0.25, 0.3) is 0 Å². The van der Waals surface area contributed by atoms with Gasteiger partial charge in [0.1, 0.15) is 16.8 Å². The Morgan fingerprint density at radius 3 is 2.53 bits per heavy atom. The highest BCUT2D eigenvalue weighted by atomic mass is 35.5. The maximum Gasteiger partial charge on any atom is 0.161 e. The third-order valence-electron chi connectivity index (χ3n) is 2.71. The number of rotatable bonds is 1. The molecule has 0 saturated heterocycles. The summed E-state index contributed by atoms with van der Waals surface area (Å²) in [5, 5.41) is 0.187. The first kappa shape index (κ1) is 12.0. The summed E-state index contributed by atoms with van der Waals surface area (Å²) in [5.41, 5.74) is 0.882. The number of hydrogen-bond acceptors (Lipinski definition) is 2. The van der Waals surface area contributed by atoms with E-state index >= 15 is 0 Å². The van der Waals surface area contributed by atoms with Gasteiger partial charge in [0.05, 0.1) is 10.9 Å². The van der Waals surface area contributed by atoms with E-state index in [4.69, 9.17) is 11.6 Å². The first-order chi connectivity index (χ1) is 9.15. The minimum Gasteiger partial charge on any atom is -0.228 e. The van der Waals surface area contributed by atoms with Gasteiger partial charge < -0.3 is 0 Å². The van der Waals surface area contributed by atoms with Crippen LogP contribution in [0, 0.1) is 11.6 Å². The molecule has 0 N–H and O–H groups in total. The van der Waals surface area contributed by atoms with Crippen LogP contribution in [-0.4, -0.2) is 9.97 Å². The molecular weight excluding hydrogens is 270 g/mol. The molecule has 94 valence electrons. The molecule has 3 rings (SSSR count). The van der Waals surface area contributed by atoms with Crippen molar-refractivity contribution in [1.29, 1.82) is 0 Å². The summed E-state index contributed by atoms with van der Waals surface area (Å²) < 4.78 is 26.8. The molecule has 1 heterocycles. The van der Waals surface area contributed by atoms with Crippen molar-refractivity contribution in [3.63, 3.8) is 0 Å². The van der Waals surface area contributed by atoms with Crippen LogP contribution in [0.25, 0.3) is 22.3 Å². The summed E-state index contributed by atoms with van der Waals surface area (Å²) in [6.45, 7) is 0. The Balaban J connectivity index is 2.27. The van der Waals surface area contributed by atoms with Gasteiger partial charge in [0.2, 0.25) is 0 Å². The van der Waals surface area contributed by atoms with Crippen LogP contribution >= 0.6 is 11.6 Å². The van der Waals surface area contributed by atoms with Crippen molar-refractivity contribution in [2.24, 2.45) is 0 Å². The average Bonchev–Trinajstić information content (AvgIpc) is 2.38. The van der Waals surface area contributed by atoms with Gasteiger partial charge in [-0.15, -0.1) is 0 Å². The highest BCUT2D eigenvalue weighted by molar-refractivity contribution is 6.34. The largest absolute Gasteiger partial charge is 0.228 e. The summed E-state index contributed by atoms with van der Waals surface area (Å²) >= 11 is 5.97. The first-order valence-corrected chi connectivity index (χ1v) is 5.90. The lowest BCUT2D eigenvalue weighted by Crippen LogP contribution is -1.94. The highest BCUT2D eigenvalue weighted by Crippen LogP contribution is 2.26. The number of benzene rings is 2. The predicted octanol–water partition coefficient (Wildman–Crippen LogP) is 4.23. The lowest BCUT2D eigenvalue weighted by Gasteiger charge is -2.05. The first-order valence-electron chi connectivity index (χ1n) is 5.53. The van der Waals surface area contributed by atoms with Gasteiger partial charge in [-0.05, 0) is 24.3 Å². The Kier molecular flexibility index (Phi) is 2.87. The smallest absolute Gasteiger partial charge is 0.161 e. The maximum absolute atomic E-state index is 13.6. The van der Waals surface area contributed by atoms with E-state index in [1.54, 1.807) is 18.2 Å². The number of aromatic nitrogens is 2. The van der Waals surface area contributed by atoms with Gasteiger partial charge in [-0.1, -0.05) is 29.8 Å². The lowest BCUT2D eigenvalue weighted by molar-refractivity contribution is 0.628. The summed E-state index contributed by atoms with van der Waals surface area (Å²) in [4.78, 5) is 8.23. The zero-order valence-electron chi connectivity index (χ0n) is 9.57. The minimum atomic E-state index is -0.478. The van der Waals surface area contributed by atoms with E-state index in [9.17, 15) is 8.78 Å². The normalized spacial score (nSPS) is 10.9. The molecule has 0 radical (unpaired) electrons. The zero-order valence-corrected chi connectivity index (χ0v) is 10.3. The Bertz CT molecular complexity index is 774. The second kappa shape index (κ2) is 4.55. The van der Waals surface area contributed by atoms with Crippen LogP contribution in [-0.2, 0) is 0 Å². The predicted molar refractivity (Wildman–Crippen MR) is 69.9 cm³/mol. The molecule has 0 aliphatic rings. The molecule has 0 saturated carbocycles. The van der Waals surface area contributed by atoms with Gasteiger partial charge in [-0.25, -0.2) is 18.7 Å². The Morgan fingerprint density at radius 2 is 1.74 bits per heavy atom. The lowest BCUT2D eigenvalue weighted by atomic mass is 10.2. The topological polar surface area (TPSA) is 25.8 Å². The van der Waals surface area contributed by atoms with Gasteiger partial charge in [0.15, 0.2) is 5.82 Å². The molecule has 0 bridgehead atoms. The standard InChI is InChI=1S/C14H7ClF2N2/c15-13-12-10(17)5-2-6-11(12)18-14(19-13)8-3-1-4-9(16)7-8/h1-7H. The van der Waals surface area contributed by atoms with Crippen LogP contribution in [0.3, 0.4) is 0 Å². The van der Waals surface area contributed by atoms with Crippen molar-refractivity contribution < 1.29 is 8.78 Å². The second-order valence-electron chi connectivity index (χ2n) is 3.98. The zero-order chi connectivity index (χ0) is 13.4. The average molecular weight is 277 g/mol. The molecule has 0 spiro atoms. The number of halogens is 3. The molecule has 1 aromatic heterocycles. The van der Waals surface area contributed by atoms with Gasteiger partial charge >= 0.3 is 0 Å². The van der Waals surface area contributed by atoms with Crippen molar-refractivity contribution in [2.45, 2.75) is 0 Å². The van der Waals surface area contributed by atoms with Crippen LogP contribution in [0.5, 0.6) is 0 Å². The van der Waals surface area contributed by atoms with E-state index in [0.29, 0.717) is 11.1 Å². The van der Waals surface area contributed by atoms with Crippen molar-refractivity contribution in [3.8, 4) is 11.4 Å². The van der Waals surface area contributed by atoms with Crippen LogP contribution in [0.4, 0.5) is 8.78 Å². The third kappa shape index (κ3) is 2.15.